The molecule has 2 aromatic rings. The van der Waals surface area contributed by atoms with Crippen molar-refractivity contribution in [3.05, 3.63) is 77.9 Å². The lowest BCUT2D eigenvalue weighted by Gasteiger charge is -2.50. The van der Waals surface area contributed by atoms with Crippen molar-refractivity contribution in [2.75, 3.05) is 11.5 Å². The highest BCUT2D eigenvalue weighted by molar-refractivity contribution is 8.34. The van der Waals surface area contributed by atoms with E-state index >= 15 is 0 Å². The van der Waals surface area contributed by atoms with Crippen molar-refractivity contribution < 1.29 is 0 Å². The van der Waals surface area contributed by atoms with Crippen LogP contribution in [0.2, 0.25) is 0 Å². The van der Waals surface area contributed by atoms with Crippen molar-refractivity contribution in [3.8, 4) is 0 Å². The maximum absolute atomic E-state index is 2.76. The fourth-order valence-electron chi connectivity index (χ4n) is 12.4. The molecule has 0 saturated carbocycles. The molecule has 1 heterocycles. The highest BCUT2D eigenvalue weighted by Gasteiger charge is 2.54. The zero-order valence-electron chi connectivity index (χ0n) is 30.2. The summed E-state index contributed by atoms with van der Waals surface area (Å²) in [5.74, 6) is 2.94. The van der Waals surface area contributed by atoms with E-state index in [9.17, 15) is 0 Å². The van der Waals surface area contributed by atoms with Crippen molar-refractivity contribution >= 4 is 22.2 Å². The summed E-state index contributed by atoms with van der Waals surface area (Å²) in [6.45, 7) is 25.5. The third kappa shape index (κ3) is 3.98. The molecular weight excluding hydrogens is 561 g/mol. The van der Waals surface area contributed by atoms with E-state index < -0.39 is 10.0 Å². The maximum atomic E-state index is 2.76. The summed E-state index contributed by atoms with van der Waals surface area (Å²) < 4.78 is 0. The Balaban J connectivity index is 1.28. The summed E-state index contributed by atoms with van der Waals surface area (Å²) in [5, 5.41) is 1.31. The minimum Gasteiger partial charge on any atom is -0.220 e. The number of benzene rings is 2. The van der Waals surface area contributed by atoms with Gasteiger partial charge in [-0.25, -0.2) is 10.0 Å². The van der Waals surface area contributed by atoms with Gasteiger partial charge in [-0.1, -0.05) is 78.7 Å². The number of rotatable bonds is 2. The molecule has 1 aliphatic heterocycles. The topological polar surface area (TPSA) is 0 Å². The first kappa shape index (κ1) is 29.4. The van der Waals surface area contributed by atoms with Gasteiger partial charge >= 0.3 is 0 Å². The van der Waals surface area contributed by atoms with Crippen molar-refractivity contribution in [2.45, 2.75) is 144 Å². The van der Waals surface area contributed by atoms with Gasteiger partial charge in [-0.2, -0.15) is 0 Å². The van der Waals surface area contributed by atoms with E-state index in [4.69, 9.17) is 0 Å². The quantitative estimate of drug-likeness (QED) is 0.314. The highest BCUT2D eigenvalue weighted by atomic mass is 32.3. The van der Waals surface area contributed by atoms with Gasteiger partial charge in [0.15, 0.2) is 0 Å². The molecule has 45 heavy (non-hydrogen) atoms. The monoisotopic (exact) mass is 618 g/mol. The van der Waals surface area contributed by atoms with Crippen LogP contribution in [0.25, 0.3) is 12.2 Å². The summed E-state index contributed by atoms with van der Waals surface area (Å²) in [7, 11) is -0.990. The average Bonchev–Trinajstić information content (AvgIpc) is 3.73. The van der Waals surface area contributed by atoms with Crippen molar-refractivity contribution in [3.63, 3.8) is 0 Å². The molecule has 240 valence electrons. The van der Waals surface area contributed by atoms with Gasteiger partial charge in [0.2, 0.25) is 0 Å². The Morgan fingerprint density at radius 3 is 1.09 bits per heavy atom. The summed E-state index contributed by atoms with van der Waals surface area (Å²) >= 11 is 0. The number of hydrogen-bond donors (Lipinski definition) is 0. The molecule has 0 spiro atoms. The van der Waals surface area contributed by atoms with Crippen LogP contribution in [0.3, 0.4) is 0 Å². The van der Waals surface area contributed by atoms with Gasteiger partial charge in [0, 0.05) is 10.5 Å². The molecule has 1 saturated heterocycles. The van der Waals surface area contributed by atoms with Gasteiger partial charge in [0.05, 0.1) is 0 Å². The van der Waals surface area contributed by atoms with E-state index in [0.29, 0.717) is 32.2 Å². The molecule has 0 N–H and O–H groups in total. The third-order valence-electron chi connectivity index (χ3n) is 13.6. The smallest absolute Gasteiger partial charge is 0.0368 e. The Kier molecular flexibility index (Phi) is 5.77. The Hall–Kier alpha value is -1.73. The molecule has 0 nitrogen and oxygen atoms in total. The van der Waals surface area contributed by atoms with Gasteiger partial charge in [0.25, 0.3) is 0 Å². The lowest BCUT2D eigenvalue weighted by molar-refractivity contribution is 0.383. The van der Waals surface area contributed by atoms with Crippen molar-refractivity contribution in [1.29, 1.82) is 0 Å². The van der Waals surface area contributed by atoms with E-state index in [1.54, 1.807) is 44.5 Å². The van der Waals surface area contributed by atoms with E-state index in [1.165, 1.54) is 75.7 Å². The molecule has 9 rings (SSSR count). The summed E-state index contributed by atoms with van der Waals surface area (Å²) in [6.07, 6.45) is 18.6. The zero-order chi connectivity index (χ0) is 31.6. The summed E-state index contributed by atoms with van der Waals surface area (Å²) in [4.78, 5) is 0. The summed E-state index contributed by atoms with van der Waals surface area (Å²) in [5.41, 5.74) is 26.5. The van der Waals surface area contributed by atoms with Crippen LogP contribution in [0.4, 0.5) is 0 Å². The van der Waals surface area contributed by atoms with Gasteiger partial charge in [-0.05, 0) is 178 Å². The molecule has 2 atom stereocenters. The van der Waals surface area contributed by atoms with Crippen LogP contribution in [0, 0.1) is 21.7 Å². The van der Waals surface area contributed by atoms with E-state index in [2.05, 4.69) is 81.4 Å². The molecule has 0 aromatic heterocycles. The average molecular weight is 619 g/mol. The first-order valence-electron chi connectivity index (χ1n) is 18.5. The standard InChI is InChI=1S/C44H58S/c1-25-15-27-29-17-41(3,4)19-31(29)33-21-43(7,8)23-35(33)37(27)39(25)45(13-11-12-14-45)40-26(2)16-28-30-18-42(5,6)20-32(30)34-22-44(9,10)24-36(34)38(28)40/h15-16,39-40H,11-14,17-24H2,1-10H3. The molecule has 1 heteroatoms. The molecule has 0 bridgehead atoms. The van der Waals surface area contributed by atoms with Crippen LogP contribution in [-0.4, -0.2) is 11.5 Å². The normalized spacial score (nSPS) is 30.4. The van der Waals surface area contributed by atoms with Crippen LogP contribution < -0.4 is 0 Å². The SMILES string of the molecule is CC1=Cc2c3c(c4c(c2C1S1(C2C(C)=Cc5c6c(c7c(c52)CC(C)(C)C7)CC(C)(C)C6)CCCC1)CC(C)(C)C4)CC(C)(C)C3. The predicted molar refractivity (Wildman–Crippen MR) is 197 cm³/mol. The fraction of sp³-hybridized carbons (Fsp3) is 0.636. The second kappa shape index (κ2) is 8.84. The zero-order valence-corrected chi connectivity index (χ0v) is 31.0. The van der Waals surface area contributed by atoms with E-state index in [-0.39, 0.29) is 0 Å². The third-order valence-corrected chi connectivity index (χ3v) is 18.8. The lowest BCUT2D eigenvalue weighted by atomic mass is 9.88. The number of fused-ring (bicyclic) bond motifs is 12. The highest BCUT2D eigenvalue weighted by Crippen LogP contribution is 2.80. The molecule has 0 radical (unpaired) electrons. The van der Waals surface area contributed by atoms with E-state index in [1.807, 2.05) is 33.4 Å². The first-order chi connectivity index (χ1) is 21.0. The van der Waals surface area contributed by atoms with Gasteiger partial charge in [-0.3, -0.25) is 0 Å². The van der Waals surface area contributed by atoms with Crippen LogP contribution in [-0.2, 0) is 51.4 Å². The van der Waals surface area contributed by atoms with Crippen LogP contribution >= 0.6 is 10.0 Å². The van der Waals surface area contributed by atoms with Crippen LogP contribution in [0.1, 0.15) is 159 Å². The van der Waals surface area contributed by atoms with Crippen molar-refractivity contribution in [2.24, 2.45) is 21.7 Å². The van der Waals surface area contributed by atoms with Gasteiger partial charge in [0.1, 0.15) is 0 Å². The Morgan fingerprint density at radius 1 is 0.444 bits per heavy atom. The minimum atomic E-state index is -0.990. The second-order valence-electron chi connectivity index (χ2n) is 20.2. The van der Waals surface area contributed by atoms with Crippen molar-refractivity contribution in [1.82, 2.24) is 0 Å². The Bertz CT molecular complexity index is 1650. The van der Waals surface area contributed by atoms with Crippen LogP contribution in [0.5, 0.6) is 0 Å². The molecule has 1 fully saturated rings. The minimum absolute atomic E-state index is 0.382. The largest absolute Gasteiger partial charge is 0.220 e. The Labute approximate surface area is 276 Å². The number of hydrogen-bond acceptors (Lipinski definition) is 0. The molecule has 7 aliphatic rings. The lowest BCUT2D eigenvalue weighted by Crippen LogP contribution is -2.23. The van der Waals surface area contributed by atoms with Gasteiger partial charge < -0.3 is 0 Å². The molecule has 2 unspecified atom stereocenters. The van der Waals surface area contributed by atoms with Gasteiger partial charge in [-0.15, -0.1) is 0 Å². The first-order valence-corrected chi connectivity index (χ1v) is 20.6. The summed E-state index contributed by atoms with van der Waals surface area (Å²) in [6, 6.07) is 0. The fourth-order valence-corrected chi connectivity index (χ4v) is 18.4. The second-order valence-corrected chi connectivity index (χ2v) is 24.0. The molecule has 6 aliphatic carbocycles. The molecule has 0 amide bonds. The maximum Gasteiger partial charge on any atom is 0.0368 e. The van der Waals surface area contributed by atoms with Crippen LogP contribution in [0.15, 0.2) is 11.1 Å². The molecular formula is C44H58S. The van der Waals surface area contributed by atoms with E-state index in [0.717, 1.165) is 0 Å². The predicted octanol–water partition coefficient (Wildman–Crippen LogP) is 11.4. The molecule has 2 aromatic carbocycles. The Morgan fingerprint density at radius 2 is 0.733 bits per heavy atom.